The van der Waals surface area contributed by atoms with Gasteiger partial charge < -0.3 is 19.3 Å². The van der Waals surface area contributed by atoms with Crippen molar-refractivity contribution in [2.45, 2.75) is 95.5 Å². The topological polar surface area (TPSA) is 27.3 Å². The average Bonchev–Trinajstić information content (AvgIpc) is 3.22. The summed E-state index contributed by atoms with van der Waals surface area (Å²) in [5.41, 5.74) is 2.74. The summed E-state index contributed by atoms with van der Waals surface area (Å²) in [5, 5.41) is 0. The van der Waals surface area contributed by atoms with Crippen molar-refractivity contribution in [2.75, 3.05) is 40.8 Å². The van der Waals surface area contributed by atoms with Gasteiger partial charge in [-0.2, -0.15) is 0 Å². The van der Waals surface area contributed by atoms with Gasteiger partial charge in [-0.3, -0.25) is 0 Å². The third kappa shape index (κ3) is 2.82. The first-order chi connectivity index (χ1) is 15.3. The number of rotatable bonds is 1. The van der Waals surface area contributed by atoms with Gasteiger partial charge in [0.15, 0.2) is 0 Å². The Kier molecular flexibility index (Phi) is 5.03. The van der Waals surface area contributed by atoms with Crippen LogP contribution >= 0.6 is 0 Å². The molecule has 32 heavy (non-hydrogen) atoms. The zero-order valence-electron chi connectivity index (χ0n) is 21.4. The molecule has 0 amide bonds. The minimum atomic E-state index is 0.0956. The predicted octanol–water partition coefficient (Wildman–Crippen LogP) is 2.25. The minimum Gasteiger partial charge on any atom is -0.381 e. The van der Waals surface area contributed by atoms with E-state index in [1.807, 2.05) is 7.11 Å². The normalized spacial score (nSPS) is 57.2. The molecule has 0 bridgehead atoms. The van der Waals surface area contributed by atoms with Gasteiger partial charge in [0.05, 0.1) is 46.1 Å². The first kappa shape index (κ1) is 22.1. The fourth-order valence-corrected chi connectivity index (χ4v) is 10.1. The summed E-state index contributed by atoms with van der Waals surface area (Å²) in [7, 11) is 6.71. The lowest BCUT2D eigenvalue weighted by Crippen LogP contribution is -3.20. The van der Waals surface area contributed by atoms with Crippen molar-refractivity contribution in [2.24, 2.45) is 28.6 Å². The molecule has 8 atom stereocenters. The number of likely N-dealkylation sites (N-methyl/N-ethyl adjacent to an activating group) is 1. The molecule has 5 fully saturated rings. The van der Waals surface area contributed by atoms with Gasteiger partial charge in [-0.1, -0.05) is 25.5 Å². The van der Waals surface area contributed by atoms with Crippen LogP contribution in [0.3, 0.4) is 0 Å². The Bertz CT molecular complexity index is 788. The van der Waals surface area contributed by atoms with E-state index in [1.54, 1.807) is 15.4 Å². The number of fused-ring (bicyclic) bond motifs is 6. The van der Waals surface area contributed by atoms with Crippen LogP contribution in [0.4, 0.5) is 0 Å². The van der Waals surface area contributed by atoms with E-state index in [0.717, 1.165) is 17.8 Å². The number of methoxy groups -OCH3 is 1. The lowest BCUT2D eigenvalue weighted by molar-refractivity contribution is -0.966. The Morgan fingerprint density at radius 3 is 2.47 bits per heavy atom. The van der Waals surface area contributed by atoms with Crippen LogP contribution in [-0.2, 0) is 9.47 Å². The second-order valence-corrected chi connectivity index (χ2v) is 13.4. The van der Waals surface area contributed by atoms with Crippen molar-refractivity contribution in [3.8, 4) is 0 Å². The summed E-state index contributed by atoms with van der Waals surface area (Å²) in [4.78, 5) is 3.37. The number of hydrogen-bond acceptors (Lipinski definition) is 2. The van der Waals surface area contributed by atoms with E-state index in [1.165, 1.54) is 83.8 Å². The Morgan fingerprint density at radius 2 is 1.72 bits per heavy atom. The zero-order chi connectivity index (χ0) is 22.4. The van der Waals surface area contributed by atoms with Crippen LogP contribution in [0.25, 0.3) is 0 Å². The summed E-state index contributed by atoms with van der Waals surface area (Å²) >= 11 is 0. The molecule has 2 N–H and O–H groups in total. The summed E-state index contributed by atoms with van der Waals surface area (Å²) in [6.45, 7) is 9.06. The van der Waals surface area contributed by atoms with Gasteiger partial charge in [-0.05, 0) is 74.5 Å². The van der Waals surface area contributed by atoms with Crippen LogP contribution in [-0.4, -0.2) is 58.3 Å². The van der Waals surface area contributed by atoms with E-state index in [9.17, 15) is 0 Å². The monoisotopic (exact) mass is 444 g/mol. The third-order valence-electron chi connectivity index (χ3n) is 12.3. The van der Waals surface area contributed by atoms with Crippen molar-refractivity contribution in [3.63, 3.8) is 0 Å². The maximum absolute atomic E-state index is 7.43. The van der Waals surface area contributed by atoms with Crippen LogP contribution < -0.4 is 9.80 Å². The summed E-state index contributed by atoms with van der Waals surface area (Å²) in [6, 6.07) is 0. The molecule has 1 unspecified atom stereocenters. The summed E-state index contributed by atoms with van der Waals surface area (Å²) < 4.78 is 13.2. The smallest absolute Gasteiger partial charge is 0.213 e. The van der Waals surface area contributed by atoms with E-state index in [0.29, 0.717) is 16.9 Å². The van der Waals surface area contributed by atoms with Crippen molar-refractivity contribution >= 4 is 0 Å². The largest absolute Gasteiger partial charge is 0.381 e. The first-order valence-corrected chi connectivity index (χ1v) is 13.8. The van der Waals surface area contributed by atoms with Crippen LogP contribution in [0, 0.1) is 28.6 Å². The number of ether oxygens (including phenoxy) is 2. The number of hydrogen-bond donors (Lipinski definition) is 2. The SMILES string of the molecule is CO[C@@H]1CC[C@@]2(C)C(=CC[C@@H]3[C@H]4CC[C@]5(C[NH+](C)C6(CC[NH+](C)CC6)O5)[C@@]4(C)CC[C@@H]32)C1. The number of nitrogens with one attached hydrogen (secondary N) is 2. The fraction of sp³-hybridized carbons (Fsp3) is 0.929. The lowest BCUT2D eigenvalue weighted by atomic mass is 9.47. The molecule has 0 aromatic rings. The molecule has 180 valence electrons. The molecular weight excluding hydrogens is 396 g/mol. The van der Waals surface area contributed by atoms with Gasteiger partial charge in [0.25, 0.3) is 0 Å². The van der Waals surface area contributed by atoms with E-state index in [-0.39, 0.29) is 11.3 Å². The predicted molar refractivity (Wildman–Crippen MR) is 127 cm³/mol. The Labute approximate surface area is 196 Å². The maximum atomic E-state index is 7.43. The van der Waals surface area contributed by atoms with Crippen molar-refractivity contribution in [3.05, 3.63) is 11.6 Å². The van der Waals surface area contributed by atoms with E-state index in [4.69, 9.17) is 9.47 Å². The quantitative estimate of drug-likeness (QED) is 0.607. The van der Waals surface area contributed by atoms with E-state index < -0.39 is 0 Å². The van der Waals surface area contributed by atoms with Gasteiger partial charge in [0.1, 0.15) is 12.1 Å². The Balaban J connectivity index is 1.28. The lowest BCUT2D eigenvalue weighted by Gasteiger charge is -2.59. The molecule has 4 nitrogen and oxygen atoms in total. The van der Waals surface area contributed by atoms with Gasteiger partial charge in [0, 0.05) is 12.5 Å². The Morgan fingerprint density at radius 1 is 0.969 bits per heavy atom. The van der Waals surface area contributed by atoms with Gasteiger partial charge in [-0.15, -0.1) is 0 Å². The number of allylic oxidation sites excluding steroid dienone is 1. The highest BCUT2D eigenvalue weighted by Crippen LogP contribution is 2.68. The van der Waals surface area contributed by atoms with Crippen molar-refractivity contribution in [1.82, 2.24) is 0 Å². The van der Waals surface area contributed by atoms with Gasteiger partial charge in [-0.25, -0.2) is 0 Å². The number of piperidine rings is 1. The number of likely N-dealkylation sites (tertiary alicyclic amines) is 1. The fourth-order valence-electron chi connectivity index (χ4n) is 10.1. The molecule has 3 saturated carbocycles. The van der Waals surface area contributed by atoms with Crippen LogP contribution in [0.1, 0.15) is 78.1 Å². The molecule has 2 heterocycles. The standard InChI is InChI=1S/C28H46N2O2/c1-25-11-8-21(31-5)18-20(25)6-7-22-23(25)9-12-26(2)24(22)10-13-27(26)19-30(4)28(32-27)14-16-29(3)17-15-28/h6,21-24H,7-19H2,1-5H3/p+2/t21-,22+,23+,24-,25+,26+,27+/m1/s1. The molecule has 4 aliphatic carbocycles. The molecule has 0 radical (unpaired) electrons. The summed E-state index contributed by atoms with van der Waals surface area (Å²) in [5.74, 6) is 2.58. The highest BCUT2D eigenvalue weighted by molar-refractivity contribution is 5.26. The molecule has 2 aliphatic heterocycles. The molecule has 6 aliphatic rings. The van der Waals surface area contributed by atoms with Crippen molar-refractivity contribution in [1.29, 1.82) is 0 Å². The number of quaternary nitrogens is 2. The van der Waals surface area contributed by atoms with Crippen LogP contribution in [0.2, 0.25) is 0 Å². The maximum Gasteiger partial charge on any atom is 0.213 e. The Hall–Kier alpha value is -0.420. The molecule has 6 rings (SSSR count). The summed E-state index contributed by atoms with van der Waals surface area (Å²) in [6.07, 6.45) is 16.2. The first-order valence-electron chi connectivity index (χ1n) is 13.8. The van der Waals surface area contributed by atoms with Gasteiger partial charge in [0.2, 0.25) is 5.72 Å². The molecule has 2 saturated heterocycles. The van der Waals surface area contributed by atoms with E-state index >= 15 is 0 Å². The minimum absolute atomic E-state index is 0.0956. The molecule has 4 heteroatoms. The molecule has 0 aromatic carbocycles. The second-order valence-electron chi connectivity index (χ2n) is 13.4. The molecule has 0 aromatic heterocycles. The molecular formula is C28H48N2O2+2. The zero-order valence-corrected chi connectivity index (χ0v) is 21.4. The second kappa shape index (κ2) is 7.29. The van der Waals surface area contributed by atoms with Crippen LogP contribution in [0.5, 0.6) is 0 Å². The van der Waals surface area contributed by atoms with Gasteiger partial charge >= 0.3 is 0 Å². The van der Waals surface area contributed by atoms with Crippen LogP contribution in [0.15, 0.2) is 11.6 Å². The third-order valence-corrected chi connectivity index (χ3v) is 12.3. The highest BCUT2D eigenvalue weighted by Gasteiger charge is 2.71. The molecule has 2 spiro atoms. The van der Waals surface area contributed by atoms with E-state index in [2.05, 4.69) is 34.0 Å². The highest BCUT2D eigenvalue weighted by atomic mass is 16.6. The van der Waals surface area contributed by atoms with Crippen molar-refractivity contribution < 1.29 is 19.3 Å². The average molecular weight is 445 g/mol.